The van der Waals surface area contributed by atoms with Crippen molar-refractivity contribution >= 4 is 11.9 Å². The van der Waals surface area contributed by atoms with Gasteiger partial charge >= 0.3 is 0 Å². The second-order valence-electron chi connectivity index (χ2n) is 3.27. The Morgan fingerprint density at radius 2 is 2.38 bits per heavy atom. The molecule has 0 bridgehead atoms. The zero-order valence-corrected chi connectivity index (χ0v) is 9.20. The molecule has 0 aliphatic carbocycles. The van der Waals surface area contributed by atoms with Crippen LogP contribution in [0.1, 0.15) is 19.5 Å². The maximum absolute atomic E-state index is 11.2. The molecule has 0 fully saturated rings. The monoisotopic (exact) mass is 219 g/mol. The molecule has 84 valence electrons. The van der Waals surface area contributed by atoms with Crippen LogP contribution in [0.25, 0.3) is 6.08 Å². The minimum Gasteiger partial charge on any atom is -0.595 e. The van der Waals surface area contributed by atoms with Crippen LogP contribution in [-0.4, -0.2) is 21.7 Å². The Kier molecular flexibility index (Phi) is 4.32. The summed E-state index contributed by atoms with van der Waals surface area (Å²) in [5, 5.41) is 14.8. The summed E-state index contributed by atoms with van der Waals surface area (Å²) < 4.78 is 0. The second-order valence-corrected chi connectivity index (χ2v) is 3.27. The zero-order chi connectivity index (χ0) is 12.0. The van der Waals surface area contributed by atoms with E-state index in [1.54, 1.807) is 25.3 Å². The summed E-state index contributed by atoms with van der Waals surface area (Å²) in [6.45, 7) is 2.96. The first kappa shape index (κ1) is 12.0. The summed E-state index contributed by atoms with van der Waals surface area (Å²) in [5.41, 5.74) is 0.661. The molecule has 5 nitrogen and oxygen atoms in total. The lowest BCUT2D eigenvalue weighted by atomic mass is 10.3. The summed E-state index contributed by atoms with van der Waals surface area (Å²) in [7, 11) is 0. The molecule has 1 aromatic rings. The molecule has 0 radical (unpaired) electrons. The molecule has 1 aromatic heterocycles. The Labute approximate surface area is 93.7 Å². The molecule has 1 rings (SSSR count). The van der Waals surface area contributed by atoms with E-state index < -0.39 is 6.04 Å². The highest BCUT2D eigenvalue weighted by atomic mass is 16.5. The van der Waals surface area contributed by atoms with E-state index in [1.165, 1.54) is 19.2 Å². The van der Waals surface area contributed by atoms with Gasteiger partial charge in [0.25, 0.3) is 0 Å². The van der Waals surface area contributed by atoms with Crippen LogP contribution in [0.5, 0.6) is 0 Å². The molecule has 0 saturated heterocycles. The van der Waals surface area contributed by atoms with Crippen molar-refractivity contribution in [2.24, 2.45) is 5.11 Å². The second kappa shape index (κ2) is 5.75. The predicted octanol–water partition coefficient (Wildman–Crippen LogP) is 1.99. The number of pyridine rings is 1. The molecular formula is C11H13N3O2. The van der Waals surface area contributed by atoms with Crippen molar-refractivity contribution in [3.05, 3.63) is 41.5 Å². The topological polar surface area (TPSA) is 68.4 Å². The molecule has 0 aromatic carbocycles. The number of nitrogens with zero attached hydrogens (tertiary/aromatic N) is 3. The fourth-order valence-corrected chi connectivity index (χ4v) is 0.905. The summed E-state index contributed by atoms with van der Waals surface area (Å²) in [6.07, 6.45) is 4.38. The minimum atomic E-state index is -0.620. The smallest absolute Gasteiger partial charge is 0.211 e. The molecule has 0 aliphatic rings. The van der Waals surface area contributed by atoms with E-state index in [2.05, 4.69) is 10.1 Å². The quantitative estimate of drug-likeness (QED) is 0.441. The third-order valence-electron chi connectivity index (χ3n) is 1.94. The van der Waals surface area contributed by atoms with Gasteiger partial charge in [-0.05, 0) is 31.1 Å². The molecule has 0 amide bonds. The van der Waals surface area contributed by atoms with Gasteiger partial charge in [-0.15, -0.1) is 0 Å². The number of hydroxylamine groups is 1. The van der Waals surface area contributed by atoms with Gasteiger partial charge in [0.1, 0.15) is 0 Å². The molecule has 1 heterocycles. The number of carbonyl (C=O) groups excluding carboxylic acids is 1. The maximum Gasteiger partial charge on any atom is 0.211 e. The van der Waals surface area contributed by atoms with Crippen LogP contribution in [0.4, 0.5) is 0 Å². The van der Waals surface area contributed by atoms with Crippen LogP contribution in [0, 0.1) is 5.21 Å². The Morgan fingerprint density at radius 1 is 1.62 bits per heavy atom. The number of rotatable bonds is 4. The molecule has 1 atom stereocenters. The van der Waals surface area contributed by atoms with Crippen molar-refractivity contribution in [2.45, 2.75) is 19.9 Å². The summed E-state index contributed by atoms with van der Waals surface area (Å²) in [6, 6.07) is 4.75. The average molecular weight is 219 g/mol. The van der Waals surface area contributed by atoms with Gasteiger partial charge in [-0.25, -0.2) is 0 Å². The highest BCUT2D eigenvalue weighted by Crippen LogP contribution is 1.98. The first-order valence-corrected chi connectivity index (χ1v) is 4.86. The Hall–Kier alpha value is -2.04. The van der Waals surface area contributed by atoms with Gasteiger partial charge < -0.3 is 5.21 Å². The standard InChI is InChI=1S/C11H13N3O2/c1-9(10(2)15)13-14(16)8-6-11-5-3-4-7-12-11/h3-9H,1-2H3. The average Bonchev–Trinajstić information content (AvgIpc) is 2.27. The molecule has 5 heteroatoms. The van der Waals surface area contributed by atoms with Crippen LogP contribution in [0.3, 0.4) is 0 Å². The number of ketones is 1. The van der Waals surface area contributed by atoms with Crippen molar-refractivity contribution in [1.82, 2.24) is 4.98 Å². The van der Waals surface area contributed by atoms with Gasteiger partial charge in [0.15, 0.2) is 11.8 Å². The predicted molar refractivity (Wildman–Crippen MR) is 59.5 cm³/mol. The fraction of sp³-hybridized carbons (Fsp3) is 0.273. The van der Waals surface area contributed by atoms with Crippen LogP contribution in [0.2, 0.25) is 0 Å². The molecular weight excluding hydrogens is 206 g/mol. The summed E-state index contributed by atoms with van der Waals surface area (Å²) >= 11 is 0. The molecule has 16 heavy (non-hydrogen) atoms. The molecule has 0 N–H and O–H groups in total. The zero-order valence-electron chi connectivity index (χ0n) is 9.20. The molecule has 1 unspecified atom stereocenters. The van der Waals surface area contributed by atoms with Gasteiger partial charge in [0, 0.05) is 12.3 Å². The van der Waals surface area contributed by atoms with E-state index >= 15 is 0 Å². The number of Topliss-reactive ketones (excluding diaryl/α,β-unsaturated/α-hetero) is 1. The van der Waals surface area contributed by atoms with Crippen LogP contribution in [0.15, 0.2) is 35.7 Å². The SMILES string of the molecule is CC(=O)C(C)N=[N+]([O-])C=Cc1ccccn1. The number of azo groups is 1. The van der Waals surface area contributed by atoms with Crippen molar-refractivity contribution in [3.8, 4) is 0 Å². The minimum absolute atomic E-state index is 0.146. The van der Waals surface area contributed by atoms with E-state index in [0.29, 0.717) is 10.6 Å². The van der Waals surface area contributed by atoms with Crippen molar-refractivity contribution in [1.29, 1.82) is 0 Å². The van der Waals surface area contributed by atoms with Gasteiger partial charge in [0.2, 0.25) is 6.20 Å². The lowest BCUT2D eigenvalue weighted by Gasteiger charge is -1.98. The van der Waals surface area contributed by atoms with Crippen LogP contribution in [-0.2, 0) is 4.79 Å². The number of hydrogen-bond donors (Lipinski definition) is 0. The van der Waals surface area contributed by atoms with E-state index in [0.717, 1.165) is 0 Å². The molecule has 0 saturated carbocycles. The third kappa shape index (κ3) is 4.00. The first-order valence-electron chi connectivity index (χ1n) is 4.86. The number of carbonyl (C=O) groups is 1. The lowest BCUT2D eigenvalue weighted by molar-refractivity contribution is -0.459. The maximum atomic E-state index is 11.2. The fourth-order valence-electron chi connectivity index (χ4n) is 0.905. The van der Waals surface area contributed by atoms with Crippen molar-refractivity contribution in [3.63, 3.8) is 0 Å². The Balaban J connectivity index is 2.67. The molecule has 0 spiro atoms. The van der Waals surface area contributed by atoms with Crippen LogP contribution < -0.4 is 0 Å². The summed E-state index contributed by atoms with van der Waals surface area (Å²) in [4.78, 5) is 15.2. The van der Waals surface area contributed by atoms with E-state index in [4.69, 9.17) is 0 Å². The highest BCUT2D eigenvalue weighted by Gasteiger charge is 2.08. The highest BCUT2D eigenvalue weighted by molar-refractivity contribution is 5.80. The van der Waals surface area contributed by atoms with E-state index in [9.17, 15) is 10.0 Å². The lowest BCUT2D eigenvalue weighted by Crippen LogP contribution is -2.12. The number of hydrogen-bond acceptors (Lipinski definition) is 4. The van der Waals surface area contributed by atoms with E-state index in [1.807, 2.05) is 6.07 Å². The largest absolute Gasteiger partial charge is 0.595 e. The van der Waals surface area contributed by atoms with Gasteiger partial charge in [0.05, 0.1) is 5.69 Å². The Morgan fingerprint density at radius 3 is 2.94 bits per heavy atom. The third-order valence-corrected chi connectivity index (χ3v) is 1.94. The van der Waals surface area contributed by atoms with Gasteiger partial charge in [-0.3, -0.25) is 9.78 Å². The Bertz CT molecular complexity index is 412. The van der Waals surface area contributed by atoms with Crippen LogP contribution >= 0.6 is 0 Å². The van der Waals surface area contributed by atoms with Crippen molar-refractivity contribution in [2.75, 3.05) is 0 Å². The van der Waals surface area contributed by atoms with Crippen molar-refractivity contribution < 1.29 is 9.66 Å². The van der Waals surface area contributed by atoms with Gasteiger partial charge in [-0.1, -0.05) is 10.9 Å². The first-order chi connectivity index (χ1) is 7.59. The van der Waals surface area contributed by atoms with E-state index in [-0.39, 0.29) is 5.78 Å². The summed E-state index contributed by atoms with van der Waals surface area (Å²) in [5.74, 6) is -0.146. The molecule has 0 aliphatic heterocycles. The van der Waals surface area contributed by atoms with Gasteiger partial charge in [-0.2, -0.15) is 0 Å². The number of aromatic nitrogens is 1. The normalized spacial score (nSPS) is 14.0.